The molecule has 1 aliphatic carbocycles. The minimum Gasteiger partial charge on any atom is -0.374 e. The van der Waals surface area contributed by atoms with Crippen LogP contribution in [0.4, 0.5) is 0 Å². The molecule has 1 amide bonds. The molecule has 1 aromatic rings. The summed E-state index contributed by atoms with van der Waals surface area (Å²) in [6.45, 7) is 1.30. The van der Waals surface area contributed by atoms with Crippen molar-refractivity contribution in [2.75, 3.05) is 13.2 Å². The molecule has 3 atom stereocenters. The quantitative estimate of drug-likeness (QED) is 0.895. The summed E-state index contributed by atoms with van der Waals surface area (Å²) in [7, 11) is 0. The number of ether oxygens (including phenoxy) is 1. The van der Waals surface area contributed by atoms with Crippen LogP contribution < -0.4 is 5.73 Å². The smallest absolute Gasteiger partial charge is 0.244 e. The predicted octanol–water partition coefficient (Wildman–Crippen LogP) is 1.86. The normalized spacial score (nSPS) is 27.8. The molecule has 2 aliphatic rings. The maximum absolute atomic E-state index is 12.7. The minimum absolute atomic E-state index is 0.0383. The lowest BCUT2D eigenvalue weighted by atomic mass is 9.89. The van der Waals surface area contributed by atoms with Gasteiger partial charge in [-0.2, -0.15) is 0 Å². The first-order chi connectivity index (χ1) is 9.77. The van der Waals surface area contributed by atoms with Crippen LogP contribution in [0.5, 0.6) is 0 Å². The van der Waals surface area contributed by atoms with Crippen LogP contribution in [0.1, 0.15) is 37.3 Å². The van der Waals surface area contributed by atoms with Gasteiger partial charge in [-0.3, -0.25) is 4.79 Å². The average Bonchev–Trinajstić information content (AvgIpc) is 2.54. The van der Waals surface area contributed by atoms with Crippen LogP contribution in [0.25, 0.3) is 0 Å². The number of hydrogen-bond donors (Lipinski definition) is 1. The third-order valence-electron chi connectivity index (χ3n) is 4.44. The van der Waals surface area contributed by atoms with Crippen molar-refractivity contribution in [1.82, 2.24) is 4.90 Å². The van der Waals surface area contributed by atoms with E-state index in [1.807, 2.05) is 35.2 Å². The van der Waals surface area contributed by atoms with Crippen molar-refractivity contribution in [1.29, 1.82) is 0 Å². The SMILES string of the molecule is NC(C(=O)N1CCOC2CCCCC21)c1ccccc1. The first-order valence-corrected chi connectivity index (χ1v) is 7.50. The Hall–Kier alpha value is -1.39. The molecule has 0 bridgehead atoms. The molecule has 1 aromatic carbocycles. The fraction of sp³-hybridized carbons (Fsp3) is 0.562. The molecule has 108 valence electrons. The molecule has 0 aromatic heterocycles. The second-order valence-electron chi connectivity index (χ2n) is 5.68. The van der Waals surface area contributed by atoms with Gasteiger partial charge in [0, 0.05) is 6.54 Å². The Morgan fingerprint density at radius 1 is 1.25 bits per heavy atom. The Bertz CT molecular complexity index is 461. The summed E-state index contributed by atoms with van der Waals surface area (Å²) in [6, 6.07) is 9.28. The van der Waals surface area contributed by atoms with E-state index in [-0.39, 0.29) is 18.1 Å². The second kappa shape index (κ2) is 5.94. The molecule has 0 radical (unpaired) electrons. The molecular weight excluding hydrogens is 252 g/mol. The second-order valence-corrected chi connectivity index (χ2v) is 5.68. The zero-order chi connectivity index (χ0) is 13.9. The van der Waals surface area contributed by atoms with Gasteiger partial charge in [-0.1, -0.05) is 43.2 Å². The van der Waals surface area contributed by atoms with Crippen LogP contribution in [-0.4, -0.2) is 36.1 Å². The highest BCUT2D eigenvalue weighted by Gasteiger charge is 2.38. The van der Waals surface area contributed by atoms with Gasteiger partial charge in [0.1, 0.15) is 6.04 Å². The van der Waals surface area contributed by atoms with E-state index in [1.165, 1.54) is 12.8 Å². The molecule has 2 fully saturated rings. The van der Waals surface area contributed by atoms with Crippen molar-refractivity contribution in [3.05, 3.63) is 35.9 Å². The highest BCUT2D eigenvalue weighted by molar-refractivity contribution is 5.83. The highest BCUT2D eigenvalue weighted by Crippen LogP contribution is 2.30. The summed E-state index contributed by atoms with van der Waals surface area (Å²) < 4.78 is 5.81. The molecule has 1 saturated heterocycles. The number of carbonyl (C=O) groups excluding carboxylic acids is 1. The van der Waals surface area contributed by atoms with Crippen molar-refractivity contribution in [3.8, 4) is 0 Å². The number of morpholine rings is 1. The Morgan fingerprint density at radius 3 is 2.80 bits per heavy atom. The number of fused-ring (bicyclic) bond motifs is 1. The molecule has 3 unspecified atom stereocenters. The summed E-state index contributed by atoms with van der Waals surface area (Å²) in [4.78, 5) is 14.7. The average molecular weight is 274 g/mol. The molecule has 1 aliphatic heterocycles. The number of hydrogen-bond acceptors (Lipinski definition) is 3. The Kier molecular flexibility index (Phi) is 4.03. The van der Waals surface area contributed by atoms with Crippen LogP contribution in [0.2, 0.25) is 0 Å². The third-order valence-corrected chi connectivity index (χ3v) is 4.44. The fourth-order valence-electron chi connectivity index (χ4n) is 3.35. The first-order valence-electron chi connectivity index (χ1n) is 7.50. The third kappa shape index (κ3) is 2.58. The van der Waals surface area contributed by atoms with Crippen LogP contribution in [0.3, 0.4) is 0 Å². The lowest BCUT2D eigenvalue weighted by Gasteiger charge is -2.44. The van der Waals surface area contributed by atoms with Crippen molar-refractivity contribution in [2.45, 2.75) is 43.9 Å². The van der Waals surface area contributed by atoms with Crippen LogP contribution in [0, 0.1) is 0 Å². The van der Waals surface area contributed by atoms with E-state index >= 15 is 0 Å². The Balaban J connectivity index is 1.75. The molecule has 1 heterocycles. The van der Waals surface area contributed by atoms with E-state index in [4.69, 9.17) is 10.5 Å². The number of nitrogens with zero attached hydrogens (tertiary/aromatic N) is 1. The molecule has 20 heavy (non-hydrogen) atoms. The van der Waals surface area contributed by atoms with Gasteiger partial charge in [0.15, 0.2) is 0 Å². The first kappa shape index (κ1) is 13.6. The van der Waals surface area contributed by atoms with Gasteiger partial charge >= 0.3 is 0 Å². The minimum atomic E-state index is -0.558. The Morgan fingerprint density at radius 2 is 2.00 bits per heavy atom. The number of carbonyl (C=O) groups is 1. The lowest BCUT2D eigenvalue weighted by Crippen LogP contribution is -2.56. The van der Waals surface area contributed by atoms with Crippen LogP contribution in [0.15, 0.2) is 30.3 Å². The summed E-state index contributed by atoms with van der Waals surface area (Å²) in [5, 5.41) is 0. The zero-order valence-electron chi connectivity index (χ0n) is 11.7. The number of amides is 1. The van der Waals surface area contributed by atoms with E-state index in [0.29, 0.717) is 13.2 Å². The largest absolute Gasteiger partial charge is 0.374 e. The predicted molar refractivity (Wildman–Crippen MR) is 77.1 cm³/mol. The standard InChI is InChI=1S/C16H22N2O2/c17-15(12-6-2-1-3-7-12)16(19)18-10-11-20-14-9-5-4-8-13(14)18/h1-3,6-7,13-15H,4-5,8-11,17H2. The van der Waals surface area contributed by atoms with Gasteiger partial charge in [-0.05, 0) is 18.4 Å². The zero-order valence-corrected chi connectivity index (χ0v) is 11.7. The van der Waals surface area contributed by atoms with E-state index in [1.54, 1.807) is 0 Å². The van der Waals surface area contributed by atoms with Gasteiger partial charge in [-0.25, -0.2) is 0 Å². The molecule has 2 N–H and O–H groups in total. The summed E-state index contributed by atoms with van der Waals surface area (Å²) in [5.74, 6) is 0.0383. The topological polar surface area (TPSA) is 55.6 Å². The molecule has 4 nitrogen and oxygen atoms in total. The monoisotopic (exact) mass is 274 g/mol. The molecular formula is C16H22N2O2. The molecule has 4 heteroatoms. The van der Waals surface area contributed by atoms with E-state index in [0.717, 1.165) is 18.4 Å². The molecule has 0 spiro atoms. The van der Waals surface area contributed by atoms with Crippen molar-refractivity contribution in [2.24, 2.45) is 5.73 Å². The van der Waals surface area contributed by atoms with Crippen LogP contribution in [-0.2, 0) is 9.53 Å². The number of benzene rings is 1. The van der Waals surface area contributed by atoms with Gasteiger partial charge in [0.2, 0.25) is 5.91 Å². The van der Waals surface area contributed by atoms with E-state index in [9.17, 15) is 4.79 Å². The van der Waals surface area contributed by atoms with E-state index in [2.05, 4.69) is 0 Å². The summed E-state index contributed by atoms with van der Waals surface area (Å²) in [5.41, 5.74) is 7.04. The van der Waals surface area contributed by atoms with E-state index < -0.39 is 6.04 Å². The summed E-state index contributed by atoms with van der Waals surface area (Å²) in [6.07, 6.45) is 4.69. The van der Waals surface area contributed by atoms with Gasteiger partial charge in [0.25, 0.3) is 0 Å². The highest BCUT2D eigenvalue weighted by atomic mass is 16.5. The fourth-order valence-corrected chi connectivity index (χ4v) is 3.35. The van der Waals surface area contributed by atoms with Crippen LogP contribution >= 0.6 is 0 Å². The van der Waals surface area contributed by atoms with Crippen molar-refractivity contribution < 1.29 is 9.53 Å². The summed E-state index contributed by atoms with van der Waals surface area (Å²) >= 11 is 0. The van der Waals surface area contributed by atoms with Gasteiger partial charge in [-0.15, -0.1) is 0 Å². The molecule has 3 rings (SSSR count). The lowest BCUT2D eigenvalue weighted by molar-refractivity contribution is -0.151. The van der Waals surface area contributed by atoms with Crippen molar-refractivity contribution >= 4 is 5.91 Å². The molecule has 1 saturated carbocycles. The number of nitrogens with two attached hydrogens (primary N) is 1. The number of rotatable bonds is 2. The maximum Gasteiger partial charge on any atom is 0.244 e. The van der Waals surface area contributed by atoms with Gasteiger partial charge < -0.3 is 15.4 Å². The van der Waals surface area contributed by atoms with Crippen molar-refractivity contribution in [3.63, 3.8) is 0 Å². The van der Waals surface area contributed by atoms with Gasteiger partial charge in [0.05, 0.1) is 18.8 Å². The maximum atomic E-state index is 12.7. The Labute approximate surface area is 119 Å².